The summed E-state index contributed by atoms with van der Waals surface area (Å²) in [5.41, 5.74) is 1.07. The van der Waals surface area contributed by atoms with Gasteiger partial charge in [0.05, 0.1) is 0 Å². The van der Waals surface area contributed by atoms with Crippen LogP contribution in [0.1, 0.15) is 12.0 Å². The number of aryl methyl sites for hydroxylation is 1. The molecule has 1 aromatic carbocycles. The van der Waals surface area contributed by atoms with Crippen LogP contribution in [-0.2, 0) is 11.2 Å². The fourth-order valence-corrected chi connectivity index (χ4v) is 2.12. The molecule has 1 amide bonds. The molecular weight excluding hydrogens is 308 g/mol. The Kier molecular flexibility index (Phi) is 4.52. The summed E-state index contributed by atoms with van der Waals surface area (Å²) < 4.78 is 0.989. The summed E-state index contributed by atoms with van der Waals surface area (Å²) in [6, 6.07) is 10.9. The number of halogens is 1. The number of benzene rings is 1. The van der Waals surface area contributed by atoms with E-state index in [1.54, 1.807) is 6.07 Å². The summed E-state index contributed by atoms with van der Waals surface area (Å²) in [6.07, 6.45) is 2.47. The lowest BCUT2D eigenvalue weighted by Crippen LogP contribution is -2.13. The minimum atomic E-state index is -0.176. The Balaban J connectivity index is 1.92. The van der Waals surface area contributed by atoms with Crippen molar-refractivity contribution in [3.63, 3.8) is 0 Å². The molecule has 0 aliphatic rings. The first kappa shape index (κ1) is 13.5. The third-order valence-corrected chi connectivity index (χ3v) is 3.40. The van der Waals surface area contributed by atoms with Crippen LogP contribution < -0.4 is 5.32 Å². The van der Waals surface area contributed by atoms with Gasteiger partial charge in [0.25, 0.3) is 0 Å². The second-order valence-electron chi connectivity index (χ2n) is 4.01. The molecule has 98 valence electrons. The van der Waals surface area contributed by atoms with Gasteiger partial charge in [-0.15, -0.1) is 0 Å². The predicted octanol–water partition coefficient (Wildman–Crippen LogP) is 3.12. The molecule has 1 heterocycles. The molecule has 1 aromatic heterocycles. The van der Waals surface area contributed by atoms with Crippen LogP contribution in [0.3, 0.4) is 0 Å². The Morgan fingerprint density at radius 1 is 1.26 bits per heavy atom. The lowest BCUT2D eigenvalue weighted by molar-refractivity contribution is -0.116. The van der Waals surface area contributed by atoms with Gasteiger partial charge in [-0.3, -0.25) is 4.79 Å². The predicted molar refractivity (Wildman–Crippen MR) is 77.0 cm³/mol. The van der Waals surface area contributed by atoms with E-state index in [1.165, 1.54) is 12.3 Å². The lowest BCUT2D eigenvalue weighted by atomic mass is 10.1. The zero-order chi connectivity index (χ0) is 13.7. The number of carbonyl (C=O) groups excluding carboxylic acids is 1. The van der Waals surface area contributed by atoms with E-state index in [-0.39, 0.29) is 17.5 Å². The monoisotopic (exact) mass is 320 g/mol. The van der Waals surface area contributed by atoms with Gasteiger partial charge in [-0.1, -0.05) is 34.1 Å². The standard InChI is InChI=1S/C14H13BrN2O2/c15-11-5-2-1-4-10(11)7-8-13(19)17-14-12(18)6-3-9-16-14/h1-6,9,18H,7-8H2,(H,16,17,19). The van der Waals surface area contributed by atoms with E-state index in [0.717, 1.165) is 10.0 Å². The highest BCUT2D eigenvalue weighted by atomic mass is 79.9. The highest BCUT2D eigenvalue weighted by Crippen LogP contribution is 2.20. The maximum atomic E-state index is 11.8. The zero-order valence-electron chi connectivity index (χ0n) is 10.1. The van der Waals surface area contributed by atoms with Crippen molar-refractivity contribution in [1.82, 2.24) is 4.98 Å². The van der Waals surface area contributed by atoms with E-state index in [2.05, 4.69) is 26.2 Å². The van der Waals surface area contributed by atoms with Crippen molar-refractivity contribution < 1.29 is 9.90 Å². The van der Waals surface area contributed by atoms with Crippen LogP contribution in [0.5, 0.6) is 5.75 Å². The van der Waals surface area contributed by atoms with E-state index in [4.69, 9.17) is 0 Å². The van der Waals surface area contributed by atoms with E-state index >= 15 is 0 Å². The van der Waals surface area contributed by atoms with Crippen molar-refractivity contribution >= 4 is 27.7 Å². The fourth-order valence-electron chi connectivity index (χ4n) is 1.64. The molecule has 2 rings (SSSR count). The zero-order valence-corrected chi connectivity index (χ0v) is 11.7. The number of amides is 1. The van der Waals surface area contributed by atoms with Crippen LogP contribution in [0, 0.1) is 0 Å². The van der Waals surface area contributed by atoms with E-state index in [1.807, 2.05) is 24.3 Å². The number of nitrogens with zero attached hydrogens (tertiary/aromatic N) is 1. The van der Waals surface area contributed by atoms with Crippen molar-refractivity contribution in [1.29, 1.82) is 0 Å². The Labute approximate surface area is 119 Å². The van der Waals surface area contributed by atoms with Gasteiger partial charge in [0.1, 0.15) is 0 Å². The molecule has 2 N–H and O–H groups in total. The van der Waals surface area contributed by atoms with Gasteiger partial charge < -0.3 is 10.4 Å². The summed E-state index contributed by atoms with van der Waals surface area (Å²) in [4.78, 5) is 15.7. The SMILES string of the molecule is O=C(CCc1ccccc1Br)Nc1ncccc1O. The van der Waals surface area contributed by atoms with Gasteiger partial charge in [0, 0.05) is 17.1 Å². The van der Waals surface area contributed by atoms with E-state index < -0.39 is 0 Å². The number of carbonyl (C=O) groups is 1. The number of pyridine rings is 1. The first-order chi connectivity index (χ1) is 9.16. The highest BCUT2D eigenvalue weighted by molar-refractivity contribution is 9.10. The fraction of sp³-hybridized carbons (Fsp3) is 0.143. The maximum absolute atomic E-state index is 11.8. The molecule has 0 aliphatic heterocycles. The molecule has 0 saturated heterocycles. The summed E-state index contributed by atoms with van der Waals surface area (Å²) in [6.45, 7) is 0. The molecule has 5 heteroatoms. The van der Waals surface area contributed by atoms with Crippen LogP contribution in [0.15, 0.2) is 47.1 Å². The normalized spacial score (nSPS) is 10.2. The molecule has 0 spiro atoms. The minimum Gasteiger partial charge on any atom is -0.504 e. The number of aromatic hydroxyl groups is 1. The molecule has 0 aliphatic carbocycles. The van der Waals surface area contributed by atoms with Crippen molar-refractivity contribution in [2.24, 2.45) is 0 Å². The third-order valence-electron chi connectivity index (χ3n) is 2.62. The Bertz CT molecular complexity index is 587. The molecule has 2 aromatic rings. The van der Waals surface area contributed by atoms with Gasteiger partial charge in [0.2, 0.25) is 5.91 Å². The first-order valence-electron chi connectivity index (χ1n) is 5.84. The number of anilines is 1. The molecule has 0 saturated carbocycles. The molecule has 0 fully saturated rings. The lowest BCUT2D eigenvalue weighted by Gasteiger charge is -2.06. The average molecular weight is 321 g/mol. The number of rotatable bonds is 4. The van der Waals surface area contributed by atoms with Crippen molar-refractivity contribution in [2.45, 2.75) is 12.8 Å². The van der Waals surface area contributed by atoms with E-state index in [0.29, 0.717) is 12.8 Å². The number of nitrogens with one attached hydrogen (secondary N) is 1. The molecule has 0 atom stereocenters. The van der Waals surface area contributed by atoms with Gasteiger partial charge in [-0.2, -0.15) is 0 Å². The average Bonchev–Trinajstić information content (AvgIpc) is 2.40. The molecule has 0 bridgehead atoms. The Morgan fingerprint density at radius 3 is 2.79 bits per heavy atom. The number of hydrogen-bond donors (Lipinski definition) is 2. The van der Waals surface area contributed by atoms with Crippen LogP contribution in [0.25, 0.3) is 0 Å². The number of aromatic nitrogens is 1. The van der Waals surface area contributed by atoms with Crippen LogP contribution >= 0.6 is 15.9 Å². The molecule has 4 nitrogen and oxygen atoms in total. The molecule has 0 radical (unpaired) electrons. The number of hydrogen-bond acceptors (Lipinski definition) is 3. The van der Waals surface area contributed by atoms with Crippen LogP contribution in [0.2, 0.25) is 0 Å². The van der Waals surface area contributed by atoms with Gasteiger partial charge in [0.15, 0.2) is 11.6 Å². The topological polar surface area (TPSA) is 62.2 Å². The second-order valence-corrected chi connectivity index (χ2v) is 4.87. The summed E-state index contributed by atoms with van der Waals surface area (Å²) >= 11 is 3.44. The summed E-state index contributed by atoms with van der Waals surface area (Å²) in [7, 11) is 0. The molecular formula is C14H13BrN2O2. The van der Waals surface area contributed by atoms with Crippen molar-refractivity contribution in [3.05, 3.63) is 52.6 Å². The smallest absolute Gasteiger partial charge is 0.225 e. The third kappa shape index (κ3) is 3.79. The summed E-state index contributed by atoms with van der Waals surface area (Å²) in [5.74, 6) is -0.0128. The maximum Gasteiger partial charge on any atom is 0.225 e. The molecule has 19 heavy (non-hydrogen) atoms. The van der Waals surface area contributed by atoms with Gasteiger partial charge in [-0.25, -0.2) is 4.98 Å². The van der Waals surface area contributed by atoms with Gasteiger partial charge in [-0.05, 0) is 30.2 Å². The van der Waals surface area contributed by atoms with Crippen LogP contribution in [-0.4, -0.2) is 16.0 Å². The van der Waals surface area contributed by atoms with E-state index in [9.17, 15) is 9.90 Å². The van der Waals surface area contributed by atoms with Crippen LogP contribution in [0.4, 0.5) is 5.82 Å². The second kappa shape index (κ2) is 6.33. The first-order valence-corrected chi connectivity index (χ1v) is 6.63. The Hall–Kier alpha value is -1.88. The summed E-state index contributed by atoms with van der Waals surface area (Å²) in [5, 5.41) is 12.1. The minimum absolute atomic E-state index is 0.0308. The highest BCUT2D eigenvalue weighted by Gasteiger charge is 2.08. The molecule has 0 unspecified atom stereocenters. The van der Waals surface area contributed by atoms with Crippen molar-refractivity contribution in [3.8, 4) is 5.75 Å². The quantitative estimate of drug-likeness (QED) is 0.909. The Morgan fingerprint density at radius 2 is 2.05 bits per heavy atom. The largest absolute Gasteiger partial charge is 0.504 e. The van der Waals surface area contributed by atoms with Gasteiger partial charge >= 0.3 is 0 Å². The van der Waals surface area contributed by atoms with Crippen molar-refractivity contribution in [2.75, 3.05) is 5.32 Å².